The Labute approximate surface area is 145 Å². The number of benzene rings is 1. The van der Waals surface area contributed by atoms with Crippen LogP contribution in [0, 0.1) is 0 Å². The van der Waals surface area contributed by atoms with Crippen molar-refractivity contribution in [3.63, 3.8) is 0 Å². The van der Waals surface area contributed by atoms with Crippen molar-refractivity contribution >= 4 is 12.4 Å². The number of rotatable bonds is 2. The smallest absolute Gasteiger partial charge is 0.327 e. The molecule has 1 heterocycles. The molecule has 1 saturated carbocycles. The normalized spacial score (nSPS) is 20.1. The monoisotopic (exact) mass is 382 g/mol. The second kappa shape index (κ2) is 6.49. The predicted octanol–water partition coefficient (Wildman–Crippen LogP) is 5.02. The summed E-state index contributed by atoms with van der Waals surface area (Å²) in [5, 5.41) is 0. The molecule has 2 N–H and O–H groups in total. The Hall–Kier alpha value is -1.80. The van der Waals surface area contributed by atoms with Crippen LogP contribution in [0.1, 0.15) is 29.0 Å². The molecule has 2 nitrogen and oxygen atoms in total. The highest BCUT2D eigenvalue weighted by Crippen LogP contribution is 2.40. The molecular weight excluding hydrogens is 370 g/mol. The van der Waals surface area contributed by atoms with E-state index in [0.717, 1.165) is 12.0 Å². The van der Waals surface area contributed by atoms with Gasteiger partial charge in [0.25, 0.3) is 0 Å². The third-order valence-electron chi connectivity index (χ3n) is 3.94. The zero-order chi connectivity index (χ0) is 17.7. The maximum atomic E-state index is 12.9. The highest BCUT2D eigenvalue weighted by atomic mass is 35.5. The van der Waals surface area contributed by atoms with Crippen molar-refractivity contribution in [1.82, 2.24) is 4.98 Å². The SMILES string of the molecule is Cl.NC1CC1c1ccc(-c2cc(C(F)(F)F)cc(C(F)(F)F)c2)nc1. The molecule has 2 unspecified atom stereocenters. The Morgan fingerprint density at radius 3 is 1.80 bits per heavy atom. The lowest BCUT2D eigenvalue weighted by Crippen LogP contribution is -2.11. The fourth-order valence-corrected chi connectivity index (χ4v) is 2.50. The molecule has 1 aliphatic rings. The van der Waals surface area contributed by atoms with Crippen LogP contribution in [0.3, 0.4) is 0 Å². The minimum absolute atomic E-state index is 0. The average Bonchev–Trinajstić information content (AvgIpc) is 3.22. The van der Waals surface area contributed by atoms with Gasteiger partial charge in [-0.25, -0.2) is 0 Å². The van der Waals surface area contributed by atoms with E-state index in [9.17, 15) is 26.3 Å². The fraction of sp³-hybridized carbons (Fsp3) is 0.312. The van der Waals surface area contributed by atoms with Gasteiger partial charge in [-0.1, -0.05) is 6.07 Å². The van der Waals surface area contributed by atoms with Gasteiger partial charge in [0.05, 0.1) is 16.8 Å². The zero-order valence-electron chi connectivity index (χ0n) is 12.5. The molecule has 1 aromatic carbocycles. The molecule has 0 aliphatic heterocycles. The van der Waals surface area contributed by atoms with Gasteiger partial charge in [-0.3, -0.25) is 4.98 Å². The first-order valence-corrected chi connectivity index (χ1v) is 7.07. The van der Waals surface area contributed by atoms with E-state index in [2.05, 4.69) is 4.98 Å². The largest absolute Gasteiger partial charge is 0.416 e. The van der Waals surface area contributed by atoms with Crippen molar-refractivity contribution in [2.75, 3.05) is 0 Å². The minimum atomic E-state index is -4.88. The first-order chi connectivity index (χ1) is 11.1. The summed E-state index contributed by atoms with van der Waals surface area (Å²) in [4.78, 5) is 4.00. The Balaban J connectivity index is 0.00000225. The van der Waals surface area contributed by atoms with Gasteiger partial charge in [-0.15, -0.1) is 12.4 Å². The fourth-order valence-electron chi connectivity index (χ4n) is 2.50. The van der Waals surface area contributed by atoms with Crippen molar-refractivity contribution in [2.24, 2.45) is 5.73 Å². The van der Waals surface area contributed by atoms with Gasteiger partial charge in [0.1, 0.15) is 0 Å². The van der Waals surface area contributed by atoms with Gasteiger partial charge in [0.2, 0.25) is 0 Å². The van der Waals surface area contributed by atoms with Crippen LogP contribution in [0.15, 0.2) is 36.5 Å². The number of nitrogens with two attached hydrogens (primary N) is 1. The van der Waals surface area contributed by atoms with Crippen LogP contribution in [0.5, 0.6) is 0 Å². The molecule has 1 aromatic heterocycles. The van der Waals surface area contributed by atoms with E-state index in [1.54, 1.807) is 6.07 Å². The highest BCUT2D eigenvalue weighted by molar-refractivity contribution is 5.85. The Kier molecular flexibility index (Phi) is 5.07. The zero-order valence-corrected chi connectivity index (χ0v) is 13.3. The summed E-state index contributed by atoms with van der Waals surface area (Å²) in [5.74, 6) is 0.152. The lowest BCUT2D eigenvalue weighted by molar-refractivity contribution is -0.143. The van der Waals surface area contributed by atoms with Gasteiger partial charge in [0, 0.05) is 23.7 Å². The van der Waals surface area contributed by atoms with Crippen molar-refractivity contribution in [3.05, 3.63) is 53.2 Å². The molecule has 136 valence electrons. The number of hydrogen-bond acceptors (Lipinski definition) is 2. The molecule has 2 aromatic rings. The molecule has 0 radical (unpaired) electrons. The second-order valence-electron chi connectivity index (χ2n) is 5.78. The van der Waals surface area contributed by atoms with Crippen LogP contribution in [0.25, 0.3) is 11.3 Å². The van der Waals surface area contributed by atoms with Gasteiger partial charge < -0.3 is 5.73 Å². The number of aromatic nitrogens is 1. The second-order valence-corrected chi connectivity index (χ2v) is 5.78. The summed E-state index contributed by atoms with van der Waals surface area (Å²) in [6.45, 7) is 0. The van der Waals surface area contributed by atoms with Gasteiger partial charge >= 0.3 is 12.4 Å². The summed E-state index contributed by atoms with van der Waals surface area (Å²) in [6, 6.07) is 4.51. The topological polar surface area (TPSA) is 38.9 Å². The minimum Gasteiger partial charge on any atom is -0.327 e. The molecule has 0 bridgehead atoms. The van der Waals surface area contributed by atoms with E-state index >= 15 is 0 Å². The maximum Gasteiger partial charge on any atom is 0.416 e. The number of halogens is 7. The molecule has 0 amide bonds. The van der Waals surface area contributed by atoms with E-state index < -0.39 is 23.5 Å². The first-order valence-electron chi connectivity index (χ1n) is 7.07. The average molecular weight is 383 g/mol. The molecule has 0 spiro atoms. The Morgan fingerprint density at radius 1 is 0.920 bits per heavy atom. The molecule has 25 heavy (non-hydrogen) atoms. The number of hydrogen-bond donors (Lipinski definition) is 1. The Morgan fingerprint density at radius 2 is 1.44 bits per heavy atom. The van der Waals surface area contributed by atoms with Gasteiger partial charge in [-0.2, -0.15) is 26.3 Å². The quantitative estimate of drug-likeness (QED) is 0.740. The molecule has 2 atom stereocenters. The van der Waals surface area contributed by atoms with E-state index in [-0.39, 0.29) is 41.7 Å². The number of nitrogens with zero attached hydrogens (tertiary/aromatic N) is 1. The van der Waals surface area contributed by atoms with Crippen LogP contribution in [-0.2, 0) is 12.4 Å². The maximum absolute atomic E-state index is 12.9. The third-order valence-corrected chi connectivity index (χ3v) is 3.94. The van der Waals surface area contributed by atoms with E-state index in [0.29, 0.717) is 12.1 Å². The molecule has 3 rings (SSSR count). The van der Waals surface area contributed by atoms with Gasteiger partial charge in [0.15, 0.2) is 0 Å². The summed E-state index contributed by atoms with van der Waals surface area (Å²) in [6.07, 6.45) is -7.52. The summed E-state index contributed by atoms with van der Waals surface area (Å²) in [7, 11) is 0. The third kappa shape index (κ3) is 4.24. The predicted molar refractivity (Wildman–Crippen MR) is 82.3 cm³/mol. The molecular formula is C16H13ClF6N2. The van der Waals surface area contributed by atoms with Crippen LogP contribution >= 0.6 is 12.4 Å². The van der Waals surface area contributed by atoms with Crippen molar-refractivity contribution in [3.8, 4) is 11.3 Å². The van der Waals surface area contributed by atoms with Crippen molar-refractivity contribution < 1.29 is 26.3 Å². The van der Waals surface area contributed by atoms with Crippen LogP contribution in [0.4, 0.5) is 26.3 Å². The van der Waals surface area contributed by atoms with Crippen molar-refractivity contribution in [1.29, 1.82) is 0 Å². The van der Waals surface area contributed by atoms with Crippen LogP contribution in [0.2, 0.25) is 0 Å². The van der Waals surface area contributed by atoms with Gasteiger partial charge in [-0.05, 0) is 36.2 Å². The summed E-state index contributed by atoms with van der Waals surface area (Å²) in [5.41, 5.74) is 3.63. The first kappa shape index (κ1) is 19.5. The highest BCUT2D eigenvalue weighted by Gasteiger charge is 2.37. The summed E-state index contributed by atoms with van der Waals surface area (Å²) >= 11 is 0. The standard InChI is InChI=1S/C16H12F6N2.ClH/c17-15(18,19)10-3-9(4-11(5-10)16(20,21)22)14-2-1-8(7-24-14)12-6-13(12)23;/h1-5,7,12-13H,6,23H2;1H. The molecule has 0 saturated heterocycles. The van der Waals surface area contributed by atoms with E-state index in [1.165, 1.54) is 12.3 Å². The summed E-state index contributed by atoms with van der Waals surface area (Å²) < 4.78 is 77.2. The van der Waals surface area contributed by atoms with E-state index in [4.69, 9.17) is 5.73 Å². The Bertz CT molecular complexity index is 722. The lowest BCUT2D eigenvalue weighted by Gasteiger charge is -2.14. The van der Waals surface area contributed by atoms with Crippen LogP contribution in [-0.4, -0.2) is 11.0 Å². The number of pyridine rings is 1. The lowest BCUT2D eigenvalue weighted by atomic mass is 10.0. The van der Waals surface area contributed by atoms with E-state index in [1.807, 2.05) is 0 Å². The number of alkyl halides is 6. The molecule has 1 aliphatic carbocycles. The van der Waals surface area contributed by atoms with Crippen LogP contribution < -0.4 is 5.73 Å². The molecule has 1 fully saturated rings. The molecule has 9 heteroatoms. The van der Waals surface area contributed by atoms with Crippen molar-refractivity contribution in [2.45, 2.75) is 30.7 Å².